The zero-order valence-corrected chi connectivity index (χ0v) is 12.1. The molecule has 0 aromatic carbocycles. The van der Waals surface area contributed by atoms with Gasteiger partial charge in [-0.15, -0.1) is 11.3 Å². The van der Waals surface area contributed by atoms with Gasteiger partial charge in [0.05, 0.1) is 11.7 Å². The monoisotopic (exact) mass is 240 g/mol. The van der Waals surface area contributed by atoms with Crippen molar-refractivity contribution in [1.82, 2.24) is 10.3 Å². The van der Waals surface area contributed by atoms with Gasteiger partial charge in [-0.2, -0.15) is 0 Å². The standard InChI is InChI=1S/C13H24N2S/c1-7-14-11(9(2)3)12-15-10(8-16-12)13(4,5)6/h8-9,11,14H,7H2,1-6H3. The van der Waals surface area contributed by atoms with Crippen molar-refractivity contribution in [3.63, 3.8) is 0 Å². The predicted molar refractivity (Wildman–Crippen MR) is 72.1 cm³/mol. The SMILES string of the molecule is CCNC(c1nc(C(C)(C)C)cs1)C(C)C. The van der Waals surface area contributed by atoms with E-state index in [-0.39, 0.29) is 5.41 Å². The van der Waals surface area contributed by atoms with E-state index < -0.39 is 0 Å². The zero-order valence-electron chi connectivity index (χ0n) is 11.3. The maximum absolute atomic E-state index is 4.78. The molecule has 0 aliphatic rings. The molecule has 16 heavy (non-hydrogen) atoms. The minimum atomic E-state index is 0.155. The number of nitrogens with zero attached hydrogens (tertiary/aromatic N) is 1. The van der Waals surface area contributed by atoms with Crippen molar-refractivity contribution in [2.24, 2.45) is 5.92 Å². The van der Waals surface area contributed by atoms with Crippen LogP contribution in [0.2, 0.25) is 0 Å². The molecule has 1 aromatic heterocycles. The van der Waals surface area contributed by atoms with Gasteiger partial charge in [-0.1, -0.05) is 41.5 Å². The molecule has 1 rings (SSSR count). The second-order valence-electron chi connectivity index (χ2n) is 5.60. The summed E-state index contributed by atoms with van der Waals surface area (Å²) in [6.07, 6.45) is 0. The molecule has 0 amide bonds. The van der Waals surface area contributed by atoms with Crippen LogP contribution in [0.5, 0.6) is 0 Å². The van der Waals surface area contributed by atoms with Gasteiger partial charge in [0.25, 0.3) is 0 Å². The van der Waals surface area contributed by atoms with Gasteiger partial charge < -0.3 is 5.32 Å². The lowest BCUT2D eigenvalue weighted by Gasteiger charge is -2.20. The Kier molecular flexibility index (Phi) is 4.51. The number of nitrogens with one attached hydrogen (secondary N) is 1. The highest BCUT2D eigenvalue weighted by Gasteiger charge is 2.22. The van der Waals surface area contributed by atoms with Crippen LogP contribution in [0, 0.1) is 5.92 Å². The number of rotatable bonds is 4. The highest BCUT2D eigenvalue weighted by atomic mass is 32.1. The summed E-state index contributed by atoms with van der Waals surface area (Å²) in [5.74, 6) is 0.582. The number of thiazole rings is 1. The summed E-state index contributed by atoms with van der Waals surface area (Å²) in [6, 6.07) is 0.395. The molecule has 0 saturated carbocycles. The Bertz CT molecular complexity index is 323. The molecule has 0 fully saturated rings. The molecule has 0 aliphatic heterocycles. The number of aromatic nitrogens is 1. The summed E-state index contributed by atoms with van der Waals surface area (Å²) in [5.41, 5.74) is 1.36. The van der Waals surface area contributed by atoms with E-state index in [2.05, 4.69) is 52.2 Å². The average molecular weight is 240 g/mol. The minimum Gasteiger partial charge on any atom is -0.308 e. The molecule has 0 aliphatic carbocycles. The van der Waals surface area contributed by atoms with E-state index in [0.717, 1.165) is 6.54 Å². The normalized spacial score (nSPS) is 14.4. The number of hydrogen-bond donors (Lipinski definition) is 1. The van der Waals surface area contributed by atoms with Gasteiger partial charge >= 0.3 is 0 Å². The molecule has 1 heterocycles. The van der Waals surface area contributed by atoms with Gasteiger partial charge in [0.15, 0.2) is 0 Å². The molecule has 1 atom stereocenters. The van der Waals surface area contributed by atoms with Crippen LogP contribution in [0.25, 0.3) is 0 Å². The quantitative estimate of drug-likeness (QED) is 0.867. The molecule has 0 radical (unpaired) electrons. The molecule has 0 spiro atoms. The summed E-state index contributed by atoms with van der Waals surface area (Å²) in [5, 5.41) is 6.93. The van der Waals surface area contributed by atoms with Crippen molar-refractivity contribution in [2.75, 3.05) is 6.54 Å². The first-order valence-corrected chi connectivity index (χ1v) is 6.93. The molecule has 92 valence electrons. The van der Waals surface area contributed by atoms with Gasteiger partial charge in [-0.3, -0.25) is 0 Å². The molecule has 2 nitrogen and oxygen atoms in total. The Labute approximate surface area is 103 Å². The highest BCUT2D eigenvalue weighted by Crippen LogP contribution is 2.29. The van der Waals surface area contributed by atoms with E-state index in [1.165, 1.54) is 10.7 Å². The molecule has 3 heteroatoms. The summed E-state index contributed by atoms with van der Waals surface area (Å²) in [4.78, 5) is 4.78. The summed E-state index contributed by atoms with van der Waals surface area (Å²) in [6.45, 7) is 14.3. The number of hydrogen-bond acceptors (Lipinski definition) is 3. The van der Waals surface area contributed by atoms with Crippen LogP contribution >= 0.6 is 11.3 Å². The Balaban J connectivity index is 2.90. The van der Waals surface area contributed by atoms with Crippen molar-refractivity contribution < 1.29 is 0 Å². The first-order valence-electron chi connectivity index (χ1n) is 6.05. The van der Waals surface area contributed by atoms with E-state index >= 15 is 0 Å². The van der Waals surface area contributed by atoms with Crippen molar-refractivity contribution in [3.8, 4) is 0 Å². The fraction of sp³-hybridized carbons (Fsp3) is 0.769. The van der Waals surface area contributed by atoms with Crippen LogP contribution in [0.15, 0.2) is 5.38 Å². The van der Waals surface area contributed by atoms with Gasteiger partial charge in [0, 0.05) is 10.8 Å². The highest BCUT2D eigenvalue weighted by molar-refractivity contribution is 7.09. The van der Waals surface area contributed by atoms with Gasteiger partial charge in [0.1, 0.15) is 5.01 Å². The smallest absolute Gasteiger partial charge is 0.110 e. The van der Waals surface area contributed by atoms with Crippen molar-refractivity contribution >= 4 is 11.3 Å². The zero-order chi connectivity index (χ0) is 12.3. The van der Waals surface area contributed by atoms with Gasteiger partial charge in [-0.05, 0) is 12.5 Å². The van der Waals surface area contributed by atoms with E-state index in [0.29, 0.717) is 12.0 Å². The van der Waals surface area contributed by atoms with E-state index in [1.54, 1.807) is 11.3 Å². The van der Waals surface area contributed by atoms with Crippen molar-refractivity contribution in [3.05, 3.63) is 16.1 Å². The fourth-order valence-corrected chi connectivity index (χ4v) is 2.89. The topological polar surface area (TPSA) is 24.9 Å². The molecule has 0 saturated heterocycles. The molecular weight excluding hydrogens is 216 g/mol. The van der Waals surface area contributed by atoms with Gasteiger partial charge in [0.2, 0.25) is 0 Å². The third kappa shape index (κ3) is 3.29. The summed E-state index contributed by atoms with van der Waals surface area (Å²) >= 11 is 1.78. The van der Waals surface area contributed by atoms with Crippen LogP contribution in [-0.2, 0) is 5.41 Å². The third-order valence-corrected chi connectivity index (χ3v) is 3.57. The lowest BCUT2D eigenvalue weighted by Crippen LogP contribution is -2.25. The Morgan fingerprint density at radius 2 is 2.00 bits per heavy atom. The summed E-state index contributed by atoms with van der Waals surface area (Å²) in [7, 11) is 0. The van der Waals surface area contributed by atoms with Gasteiger partial charge in [-0.25, -0.2) is 4.98 Å². The first-order chi connectivity index (χ1) is 7.36. The Morgan fingerprint density at radius 3 is 2.38 bits per heavy atom. The Hall–Kier alpha value is -0.410. The largest absolute Gasteiger partial charge is 0.308 e. The van der Waals surface area contributed by atoms with Crippen LogP contribution in [-0.4, -0.2) is 11.5 Å². The predicted octanol–water partition coefficient (Wildman–Crippen LogP) is 3.75. The molecule has 1 unspecified atom stereocenters. The lowest BCUT2D eigenvalue weighted by atomic mass is 9.93. The minimum absolute atomic E-state index is 0.155. The van der Waals surface area contributed by atoms with Crippen LogP contribution < -0.4 is 5.32 Å². The second kappa shape index (κ2) is 5.28. The van der Waals surface area contributed by atoms with Crippen LogP contribution in [0.3, 0.4) is 0 Å². The average Bonchev–Trinajstić information content (AvgIpc) is 2.61. The van der Waals surface area contributed by atoms with Crippen LogP contribution in [0.4, 0.5) is 0 Å². The third-order valence-electron chi connectivity index (χ3n) is 2.65. The molecule has 1 N–H and O–H groups in total. The second-order valence-corrected chi connectivity index (χ2v) is 6.49. The molecule has 0 bridgehead atoms. The van der Waals surface area contributed by atoms with Crippen molar-refractivity contribution in [2.45, 2.75) is 53.0 Å². The Morgan fingerprint density at radius 1 is 1.38 bits per heavy atom. The van der Waals surface area contributed by atoms with Crippen LogP contribution in [0.1, 0.15) is 58.3 Å². The molecular formula is C13H24N2S. The van der Waals surface area contributed by atoms with E-state index in [1.807, 2.05) is 0 Å². The van der Waals surface area contributed by atoms with E-state index in [4.69, 9.17) is 4.98 Å². The maximum atomic E-state index is 4.78. The van der Waals surface area contributed by atoms with E-state index in [9.17, 15) is 0 Å². The summed E-state index contributed by atoms with van der Waals surface area (Å²) < 4.78 is 0. The molecule has 1 aromatic rings. The first kappa shape index (κ1) is 13.7. The fourth-order valence-electron chi connectivity index (χ4n) is 1.60. The maximum Gasteiger partial charge on any atom is 0.110 e. The van der Waals surface area contributed by atoms with Crippen molar-refractivity contribution in [1.29, 1.82) is 0 Å². The lowest BCUT2D eigenvalue weighted by molar-refractivity contribution is 0.417.